The molecule has 2 amide bonds. The first-order chi connectivity index (χ1) is 13.4. The molecule has 2 rings (SSSR count). The second kappa shape index (κ2) is 9.26. The van der Waals surface area contributed by atoms with Crippen LogP contribution < -0.4 is 15.4 Å². The minimum Gasteiger partial charge on any atom is -0.350 e. The number of hydrogen-bond donors (Lipinski definition) is 3. The molecule has 7 nitrogen and oxygen atoms in total. The molecule has 1 fully saturated rings. The van der Waals surface area contributed by atoms with Gasteiger partial charge in [-0.2, -0.15) is 0 Å². The van der Waals surface area contributed by atoms with Gasteiger partial charge in [0.05, 0.1) is 4.75 Å². The number of nitrogens with one attached hydrogen (secondary N) is 3. The monoisotopic (exact) mass is 423 g/mol. The van der Waals surface area contributed by atoms with Crippen LogP contribution in [0.25, 0.3) is 0 Å². The Morgan fingerprint density at radius 1 is 1.07 bits per heavy atom. The van der Waals surface area contributed by atoms with Crippen LogP contribution >= 0.6 is 0 Å². The summed E-state index contributed by atoms with van der Waals surface area (Å²) in [5.74, 6) is -0.440. The molecular weight excluding hydrogens is 390 g/mol. The Morgan fingerprint density at radius 3 is 2.24 bits per heavy atom. The van der Waals surface area contributed by atoms with Crippen molar-refractivity contribution in [2.75, 3.05) is 5.32 Å². The fourth-order valence-electron chi connectivity index (χ4n) is 3.20. The highest BCUT2D eigenvalue weighted by atomic mass is 32.2. The summed E-state index contributed by atoms with van der Waals surface area (Å²) >= 11 is 0. The normalized spacial score (nSPS) is 20.3. The van der Waals surface area contributed by atoms with E-state index < -0.39 is 14.8 Å². The topological polar surface area (TPSA) is 104 Å². The predicted octanol–water partition coefficient (Wildman–Crippen LogP) is 3.04. The van der Waals surface area contributed by atoms with E-state index in [0.717, 1.165) is 0 Å². The molecule has 0 bridgehead atoms. The van der Waals surface area contributed by atoms with Crippen LogP contribution in [0.15, 0.2) is 24.3 Å². The summed E-state index contributed by atoms with van der Waals surface area (Å²) in [7, 11) is -3.39. The fraction of sp³-hybridized carbons (Fsp3) is 0.619. The van der Waals surface area contributed by atoms with E-state index in [1.54, 1.807) is 45.0 Å². The zero-order valence-corrected chi connectivity index (χ0v) is 18.7. The van der Waals surface area contributed by atoms with Gasteiger partial charge in [-0.3, -0.25) is 9.59 Å². The average Bonchev–Trinajstić information content (AvgIpc) is 2.60. The van der Waals surface area contributed by atoms with Crippen LogP contribution in [0.4, 0.5) is 5.69 Å². The first-order valence-corrected chi connectivity index (χ1v) is 11.6. The number of amides is 2. The van der Waals surface area contributed by atoms with Gasteiger partial charge in [0, 0.05) is 29.3 Å². The van der Waals surface area contributed by atoms with E-state index in [-0.39, 0.29) is 29.8 Å². The molecule has 1 aromatic rings. The molecule has 1 aromatic carbocycles. The van der Waals surface area contributed by atoms with Crippen molar-refractivity contribution in [3.05, 3.63) is 29.8 Å². The van der Waals surface area contributed by atoms with Gasteiger partial charge < -0.3 is 10.6 Å². The van der Waals surface area contributed by atoms with Gasteiger partial charge in [-0.05, 0) is 78.5 Å². The SMILES string of the molecule is CC(C)NC(=O)c1cccc(NC(=O)[C@H]2CC[C@H](NS(=O)(=O)C(C)(C)C)CC2)c1. The zero-order valence-electron chi connectivity index (χ0n) is 17.9. The molecule has 1 aliphatic rings. The Bertz CT molecular complexity index is 836. The quantitative estimate of drug-likeness (QED) is 0.654. The number of carbonyl (C=O) groups excluding carboxylic acids is 2. The number of anilines is 1. The average molecular weight is 424 g/mol. The third kappa shape index (κ3) is 6.54. The molecule has 1 aliphatic carbocycles. The smallest absolute Gasteiger partial charge is 0.251 e. The van der Waals surface area contributed by atoms with Crippen molar-refractivity contribution in [1.29, 1.82) is 0 Å². The van der Waals surface area contributed by atoms with E-state index in [1.165, 1.54) is 0 Å². The minimum absolute atomic E-state index is 0.0339. The first kappa shape index (κ1) is 23.3. The van der Waals surface area contributed by atoms with Crippen LogP contribution in [0.1, 0.15) is 70.7 Å². The largest absolute Gasteiger partial charge is 0.350 e. The Kier molecular flexibility index (Phi) is 7.45. The molecule has 162 valence electrons. The van der Waals surface area contributed by atoms with Crippen molar-refractivity contribution in [3.8, 4) is 0 Å². The van der Waals surface area contributed by atoms with Gasteiger partial charge >= 0.3 is 0 Å². The summed E-state index contributed by atoms with van der Waals surface area (Å²) in [6, 6.07) is 6.77. The number of carbonyl (C=O) groups is 2. The third-order valence-corrected chi connectivity index (χ3v) is 7.29. The number of benzene rings is 1. The maximum Gasteiger partial charge on any atom is 0.251 e. The third-order valence-electron chi connectivity index (χ3n) is 5.04. The van der Waals surface area contributed by atoms with Crippen LogP contribution in [-0.2, 0) is 14.8 Å². The Labute approximate surface area is 174 Å². The summed E-state index contributed by atoms with van der Waals surface area (Å²) in [6.07, 6.45) is 2.50. The standard InChI is InChI=1S/C21H33N3O4S/c1-14(2)22-20(26)16-7-6-8-18(13-16)23-19(25)15-9-11-17(12-10-15)24-29(27,28)21(3,4)5/h6-8,13-15,17,24H,9-12H2,1-5H3,(H,22,26)(H,23,25)/t15-,17-. The fourth-order valence-corrected chi connectivity index (χ4v) is 4.23. The van der Waals surface area contributed by atoms with Crippen LogP contribution in [-0.4, -0.2) is 37.1 Å². The van der Waals surface area contributed by atoms with E-state index in [2.05, 4.69) is 15.4 Å². The lowest BCUT2D eigenvalue weighted by Crippen LogP contribution is -2.46. The number of rotatable bonds is 6. The molecular formula is C21H33N3O4S. The van der Waals surface area contributed by atoms with Crippen LogP contribution in [0.5, 0.6) is 0 Å². The van der Waals surface area contributed by atoms with Crippen molar-refractivity contribution in [2.45, 2.75) is 77.1 Å². The van der Waals surface area contributed by atoms with E-state index in [9.17, 15) is 18.0 Å². The molecule has 29 heavy (non-hydrogen) atoms. The van der Waals surface area contributed by atoms with Crippen molar-refractivity contribution >= 4 is 27.5 Å². The maximum atomic E-state index is 12.6. The molecule has 8 heteroatoms. The van der Waals surface area contributed by atoms with Crippen molar-refractivity contribution in [1.82, 2.24) is 10.0 Å². The van der Waals surface area contributed by atoms with E-state index in [1.807, 2.05) is 13.8 Å². The van der Waals surface area contributed by atoms with Gasteiger partial charge in [0.2, 0.25) is 15.9 Å². The molecule has 3 N–H and O–H groups in total. The molecule has 0 spiro atoms. The van der Waals surface area contributed by atoms with Gasteiger partial charge in [-0.25, -0.2) is 13.1 Å². The van der Waals surface area contributed by atoms with Crippen molar-refractivity contribution in [2.24, 2.45) is 5.92 Å². The first-order valence-electron chi connectivity index (χ1n) is 10.1. The molecule has 0 aliphatic heterocycles. The maximum absolute atomic E-state index is 12.6. The zero-order chi connectivity index (χ0) is 21.8. The van der Waals surface area contributed by atoms with Crippen molar-refractivity contribution < 1.29 is 18.0 Å². The number of sulfonamides is 1. The van der Waals surface area contributed by atoms with Gasteiger partial charge in [0.1, 0.15) is 0 Å². The molecule has 0 aromatic heterocycles. The van der Waals surface area contributed by atoms with Gasteiger partial charge in [-0.1, -0.05) is 6.07 Å². The van der Waals surface area contributed by atoms with Crippen LogP contribution in [0.2, 0.25) is 0 Å². The minimum atomic E-state index is -3.39. The van der Waals surface area contributed by atoms with E-state index in [0.29, 0.717) is 36.9 Å². The van der Waals surface area contributed by atoms with E-state index >= 15 is 0 Å². The van der Waals surface area contributed by atoms with Gasteiger partial charge in [0.15, 0.2) is 0 Å². The summed E-state index contributed by atoms with van der Waals surface area (Å²) in [5.41, 5.74) is 1.08. The highest BCUT2D eigenvalue weighted by Crippen LogP contribution is 2.27. The van der Waals surface area contributed by atoms with Gasteiger partial charge in [-0.15, -0.1) is 0 Å². The highest BCUT2D eigenvalue weighted by molar-refractivity contribution is 7.90. The molecule has 0 unspecified atom stereocenters. The summed E-state index contributed by atoms with van der Waals surface area (Å²) < 4.78 is 26.5. The molecule has 1 saturated carbocycles. The Morgan fingerprint density at radius 2 is 1.69 bits per heavy atom. The summed E-state index contributed by atoms with van der Waals surface area (Å²) in [4.78, 5) is 24.8. The lowest BCUT2D eigenvalue weighted by atomic mass is 9.86. The molecule has 0 atom stereocenters. The predicted molar refractivity (Wildman–Crippen MR) is 115 cm³/mol. The number of hydrogen-bond acceptors (Lipinski definition) is 4. The van der Waals surface area contributed by atoms with Gasteiger partial charge in [0.25, 0.3) is 5.91 Å². The lowest BCUT2D eigenvalue weighted by molar-refractivity contribution is -0.120. The Balaban J connectivity index is 1.91. The highest BCUT2D eigenvalue weighted by Gasteiger charge is 2.34. The van der Waals surface area contributed by atoms with Crippen LogP contribution in [0.3, 0.4) is 0 Å². The van der Waals surface area contributed by atoms with E-state index in [4.69, 9.17) is 0 Å². The van der Waals surface area contributed by atoms with Crippen molar-refractivity contribution in [3.63, 3.8) is 0 Å². The second-order valence-corrected chi connectivity index (χ2v) is 11.4. The molecule has 0 radical (unpaired) electrons. The molecule has 0 saturated heterocycles. The van der Waals surface area contributed by atoms with Crippen LogP contribution in [0, 0.1) is 5.92 Å². The summed E-state index contributed by atoms with van der Waals surface area (Å²) in [5, 5.41) is 5.72. The summed E-state index contributed by atoms with van der Waals surface area (Å²) in [6.45, 7) is 8.79. The lowest BCUT2D eigenvalue weighted by Gasteiger charge is -2.30. The second-order valence-electron chi connectivity index (χ2n) is 8.98. The Hall–Kier alpha value is -1.93. The molecule has 0 heterocycles.